The summed E-state index contributed by atoms with van der Waals surface area (Å²) >= 11 is 12.0. The first-order valence-electron chi connectivity index (χ1n) is 8.96. The van der Waals surface area contributed by atoms with E-state index in [0.717, 1.165) is 19.2 Å². The van der Waals surface area contributed by atoms with Gasteiger partial charge in [-0.1, -0.05) is 23.2 Å². The topological polar surface area (TPSA) is 64.6 Å². The number of hydrogen-bond donors (Lipinski definition) is 1. The first-order chi connectivity index (χ1) is 14.3. The quantitative estimate of drug-likeness (QED) is 0.453. The van der Waals surface area contributed by atoms with E-state index < -0.39 is 63.6 Å². The van der Waals surface area contributed by atoms with Gasteiger partial charge in [-0.25, -0.2) is 14.0 Å². The lowest BCUT2D eigenvalue weighted by atomic mass is 9.78. The molecule has 31 heavy (non-hydrogen) atoms. The molecule has 2 rings (SSSR count). The zero-order chi connectivity index (χ0) is 23.7. The smallest absolute Gasteiger partial charge is 0.418 e. The van der Waals surface area contributed by atoms with Crippen LogP contribution in [0.4, 0.5) is 17.6 Å². The van der Waals surface area contributed by atoms with E-state index in [9.17, 15) is 27.2 Å². The van der Waals surface area contributed by atoms with Crippen LogP contribution in [0, 0.1) is 0 Å². The predicted octanol–water partition coefficient (Wildman–Crippen LogP) is 5.32. The average Bonchev–Trinajstić information content (AvgIpc) is 2.66. The normalized spacial score (nSPS) is 17.1. The average molecular weight is 484 g/mol. The summed E-state index contributed by atoms with van der Waals surface area (Å²) in [6.45, 7) is 3.18. The number of halogens is 6. The number of nitrogens with one attached hydrogen (secondary N) is 1. The zero-order valence-corrected chi connectivity index (χ0v) is 18.4. The Morgan fingerprint density at radius 3 is 2.19 bits per heavy atom. The molecule has 170 valence electrons. The van der Waals surface area contributed by atoms with Gasteiger partial charge in [-0.2, -0.15) is 13.2 Å². The Labute approximate surface area is 186 Å². The standard InChI is InChI=1S/C20H19Cl2F4NO4/c1-8(2)31-19(29)13-9(3)27-12(7-23)15(18(28)30-4)16(13)14-10(21)5-6-11(22)17(14)20(24,25)26/h5-6,8,16,27H,7H2,1-4H3. The number of carbonyl (C=O) groups is 2. The molecule has 0 saturated carbocycles. The fourth-order valence-electron chi connectivity index (χ4n) is 3.33. The van der Waals surface area contributed by atoms with E-state index in [0.29, 0.717) is 0 Å². The van der Waals surface area contributed by atoms with Crippen molar-refractivity contribution in [1.29, 1.82) is 0 Å². The minimum Gasteiger partial charge on any atom is -0.466 e. The van der Waals surface area contributed by atoms with Crippen molar-refractivity contribution >= 4 is 35.1 Å². The molecule has 1 aromatic rings. The Kier molecular flexibility index (Phi) is 7.65. The van der Waals surface area contributed by atoms with E-state index in [-0.39, 0.29) is 17.0 Å². The maximum absolute atomic E-state index is 14.0. The molecule has 1 aliphatic rings. The summed E-state index contributed by atoms with van der Waals surface area (Å²) in [6.07, 6.45) is -5.63. The molecule has 0 fully saturated rings. The van der Waals surface area contributed by atoms with Crippen LogP contribution in [0.25, 0.3) is 0 Å². The molecule has 1 atom stereocenters. The highest BCUT2D eigenvalue weighted by molar-refractivity contribution is 6.34. The van der Waals surface area contributed by atoms with Gasteiger partial charge in [-0.05, 0) is 38.5 Å². The van der Waals surface area contributed by atoms with Crippen molar-refractivity contribution in [1.82, 2.24) is 5.32 Å². The van der Waals surface area contributed by atoms with Gasteiger partial charge in [0.1, 0.15) is 6.67 Å². The Morgan fingerprint density at radius 2 is 1.71 bits per heavy atom. The van der Waals surface area contributed by atoms with E-state index in [1.54, 1.807) is 0 Å². The molecule has 1 heterocycles. The van der Waals surface area contributed by atoms with Crippen molar-refractivity contribution in [2.45, 2.75) is 39.0 Å². The third kappa shape index (κ3) is 4.98. The summed E-state index contributed by atoms with van der Waals surface area (Å²) in [5.74, 6) is -3.89. The van der Waals surface area contributed by atoms with Gasteiger partial charge in [0, 0.05) is 10.7 Å². The van der Waals surface area contributed by atoms with Crippen molar-refractivity contribution in [2.75, 3.05) is 13.8 Å². The Bertz CT molecular complexity index is 971. The van der Waals surface area contributed by atoms with Crippen LogP contribution < -0.4 is 5.32 Å². The highest BCUT2D eigenvalue weighted by Crippen LogP contribution is 2.49. The fraction of sp³-hybridized carbons (Fsp3) is 0.400. The molecule has 1 N–H and O–H groups in total. The minimum absolute atomic E-state index is 0.000111. The van der Waals surface area contributed by atoms with Crippen LogP contribution >= 0.6 is 23.2 Å². The van der Waals surface area contributed by atoms with Gasteiger partial charge in [0.15, 0.2) is 0 Å². The number of alkyl halides is 4. The molecule has 0 spiro atoms. The summed E-state index contributed by atoms with van der Waals surface area (Å²) in [4.78, 5) is 25.4. The molecule has 1 aromatic carbocycles. The number of esters is 2. The molecule has 0 aromatic heterocycles. The molecule has 0 aliphatic carbocycles. The number of benzene rings is 1. The highest BCUT2D eigenvalue weighted by Gasteiger charge is 2.46. The number of allylic oxidation sites excluding steroid dienone is 2. The lowest BCUT2D eigenvalue weighted by Crippen LogP contribution is -2.35. The van der Waals surface area contributed by atoms with Crippen LogP contribution in [0.15, 0.2) is 34.7 Å². The zero-order valence-electron chi connectivity index (χ0n) is 16.9. The Balaban J connectivity index is 2.98. The number of methoxy groups -OCH3 is 1. The van der Waals surface area contributed by atoms with Gasteiger partial charge in [0.25, 0.3) is 0 Å². The van der Waals surface area contributed by atoms with Gasteiger partial charge in [-0.15, -0.1) is 0 Å². The van der Waals surface area contributed by atoms with E-state index in [1.165, 1.54) is 20.8 Å². The molecule has 11 heteroatoms. The van der Waals surface area contributed by atoms with Crippen molar-refractivity contribution in [2.24, 2.45) is 0 Å². The predicted molar refractivity (Wildman–Crippen MR) is 106 cm³/mol. The van der Waals surface area contributed by atoms with Gasteiger partial charge >= 0.3 is 18.1 Å². The molecule has 0 amide bonds. The van der Waals surface area contributed by atoms with Crippen LogP contribution in [-0.4, -0.2) is 31.8 Å². The Morgan fingerprint density at radius 1 is 1.13 bits per heavy atom. The monoisotopic (exact) mass is 483 g/mol. The second-order valence-corrected chi connectivity index (χ2v) is 7.70. The van der Waals surface area contributed by atoms with Crippen LogP contribution in [0.5, 0.6) is 0 Å². The Hall–Kier alpha value is -2.26. The van der Waals surface area contributed by atoms with Crippen molar-refractivity contribution in [3.63, 3.8) is 0 Å². The van der Waals surface area contributed by atoms with Crippen molar-refractivity contribution in [3.8, 4) is 0 Å². The summed E-state index contributed by atoms with van der Waals surface area (Å²) in [6, 6.07) is 2.04. The fourth-order valence-corrected chi connectivity index (χ4v) is 3.87. The molecule has 0 saturated heterocycles. The first-order valence-corrected chi connectivity index (χ1v) is 9.71. The third-order valence-corrected chi connectivity index (χ3v) is 5.10. The minimum atomic E-state index is -5.00. The second kappa shape index (κ2) is 9.48. The van der Waals surface area contributed by atoms with Gasteiger partial charge < -0.3 is 14.8 Å². The summed E-state index contributed by atoms with van der Waals surface area (Å²) in [5, 5.41) is 1.42. The summed E-state index contributed by atoms with van der Waals surface area (Å²) in [5.41, 5.74) is -3.28. The number of hydrogen-bond acceptors (Lipinski definition) is 5. The molecule has 0 bridgehead atoms. The first kappa shape index (κ1) is 25.0. The molecule has 0 radical (unpaired) electrons. The molecular formula is C20H19Cl2F4NO4. The van der Waals surface area contributed by atoms with E-state index >= 15 is 0 Å². The third-order valence-electron chi connectivity index (χ3n) is 4.46. The van der Waals surface area contributed by atoms with Crippen LogP contribution in [0.1, 0.15) is 37.8 Å². The maximum Gasteiger partial charge on any atom is 0.418 e. The van der Waals surface area contributed by atoms with Crippen LogP contribution in [0.3, 0.4) is 0 Å². The number of ether oxygens (including phenoxy) is 2. The summed E-state index contributed by atoms with van der Waals surface area (Å²) in [7, 11) is 0.976. The highest BCUT2D eigenvalue weighted by atomic mass is 35.5. The van der Waals surface area contributed by atoms with Crippen molar-refractivity contribution < 1.29 is 36.6 Å². The van der Waals surface area contributed by atoms with Crippen LogP contribution in [0.2, 0.25) is 10.0 Å². The van der Waals surface area contributed by atoms with Gasteiger partial charge in [0.2, 0.25) is 0 Å². The number of dihydropyridines is 1. The molecule has 5 nitrogen and oxygen atoms in total. The lowest BCUT2D eigenvalue weighted by Gasteiger charge is -2.33. The number of rotatable bonds is 5. The molecular weight excluding hydrogens is 465 g/mol. The maximum atomic E-state index is 14.0. The number of carbonyl (C=O) groups excluding carboxylic acids is 2. The lowest BCUT2D eigenvalue weighted by molar-refractivity contribution is -0.144. The van der Waals surface area contributed by atoms with Crippen molar-refractivity contribution in [3.05, 3.63) is 55.8 Å². The van der Waals surface area contributed by atoms with Crippen LogP contribution in [-0.2, 0) is 25.2 Å². The second-order valence-electron chi connectivity index (χ2n) is 6.88. The van der Waals surface area contributed by atoms with E-state index in [4.69, 9.17) is 27.9 Å². The van der Waals surface area contributed by atoms with Gasteiger partial charge in [0.05, 0.1) is 46.6 Å². The van der Waals surface area contributed by atoms with Gasteiger partial charge in [-0.3, -0.25) is 0 Å². The SMILES string of the molecule is COC(=O)C1=C(CF)NC(C)=C(C(=O)OC(C)C)C1c1c(Cl)ccc(Cl)c1C(F)(F)F. The molecule has 1 unspecified atom stereocenters. The molecule has 1 aliphatic heterocycles. The van der Waals surface area contributed by atoms with E-state index in [1.807, 2.05) is 0 Å². The largest absolute Gasteiger partial charge is 0.466 e. The summed E-state index contributed by atoms with van der Waals surface area (Å²) < 4.78 is 65.6. The van der Waals surface area contributed by atoms with E-state index in [2.05, 4.69) is 10.1 Å².